The first kappa shape index (κ1) is 9.02. The van der Waals surface area contributed by atoms with Crippen molar-refractivity contribution in [2.45, 2.75) is 0 Å². The van der Waals surface area contributed by atoms with Crippen molar-refractivity contribution >= 4 is 11.6 Å². The second-order valence-corrected chi connectivity index (χ2v) is 3.01. The van der Waals surface area contributed by atoms with Crippen molar-refractivity contribution in [3.63, 3.8) is 0 Å². The Morgan fingerprint density at radius 1 is 1.43 bits per heavy atom. The lowest BCUT2D eigenvalue weighted by atomic mass is 10.3. The number of nitrogens with zero attached hydrogens (tertiary/aromatic N) is 3. The van der Waals surface area contributed by atoms with Crippen LogP contribution in [-0.4, -0.2) is 21.9 Å². The molecule has 0 aliphatic carbocycles. The molecule has 0 saturated carbocycles. The Kier molecular flexibility index (Phi) is 2.37. The van der Waals surface area contributed by atoms with Crippen molar-refractivity contribution in [1.29, 1.82) is 0 Å². The summed E-state index contributed by atoms with van der Waals surface area (Å²) in [5.74, 6) is 0.771. The van der Waals surface area contributed by atoms with Crippen molar-refractivity contribution in [1.82, 2.24) is 14.8 Å². The Balaban J connectivity index is 2.47. The highest BCUT2D eigenvalue weighted by atomic mass is 35.5. The minimum Gasteiger partial charge on any atom is -0.497 e. The van der Waals surface area contributed by atoms with Gasteiger partial charge in [-0.1, -0.05) is 6.07 Å². The molecular weight excluding hydrogens is 202 g/mol. The molecule has 0 N–H and O–H groups in total. The average molecular weight is 210 g/mol. The van der Waals surface area contributed by atoms with Crippen LogP contribution in [0, 0.1) is 0 Å². The van der Waals surface area contributed by atoms with Gasteiger partial charge >= 0.3 is 0 Å². The summed E-state index contributed by atoms with van der Waals surface area (Å²) < 4.78 is 6.77. The third-order valence-electron chi connectivity index (χ3n) is 1.84. The predicted octanol–water partition coefficient (Wildman–Crippen LogP) is 1.93. The topological polar surface area (TPSA) is 39.9 Å². The number of rotatable bonds is 2. The van der Waals surface area contributed by atoms with Crippen LogP contribution < -0.4 is 4.74 Å². The molecule has 2 aromatic rings. The Hall–Kier alpha value is -1.55. The van der Waals surface area contributed by atoms with Crippen LogP contribution in [0.4, 0.5) is 0 Å². The number of halogens is 1. The summed E-state index contributed by atoms with van der Waals surface area (Å²) in [6.45, 7) is 0. The average Bonchev–Trinajstić information content (AvgIpc) is 2.65. The van der Waals surface area contributed by atoms with Gasteiger partial charge in [-0.2, -0.15) is 0 Å². The van der Waals surface area contributed by atoms with Gasteiger partial charge < -0.3 is 4.74 Å². The summed E-state index contributed by atoms with van der Waals surface area (Å²) in [6, 6.07) is 7.50. The van der Waals surface area contributed by atoms with E-state index in [1.807, 2.05) is 24.3 Å². The normalized spacial score (nSPS) is 10.1. The van der Waals surface area contributed by atoms with Gasteiger partial charge in [0.2, 0.25) is 5.28 Å². The van der Waals surface area contributed by atoms with E-state index in [2.05, 4.69) is 10.2 Å². The first-order valence-corrected chi connectivity index (χ1v) is 4.39. The maximum absolute atomic E-state index is 5.82. The molecule has 0 atom stereocenters. The van der Waals surface area contributed by atoms with Crippen LogP contribution in [0.25, 0.3) is 5.69 Å². The van der Waals surface area contributed by atoms with Crippen LogP contribution in [0.15, 0.2) is 30.6 Å². The van der Waals surface area contributed by atoms with E-state index in [-0.39, 0.29) is 0 Å². The van der Waals surface area contributed by atoms with E-state index in [9.17, 15) is 0 Å². The molecule has 0 aliphatic heterocycles. The summed E-state index contributed by atoms with van der Waals surface area (Å²) in [7, 11) is 1.62. The van der Waals surface area contributed by atoms with Crippen molar-refractivity contribution < 1.29 is 4.74 Å². The first-order valence-electron chi connectivity index (χ1n) is 4.01. The van der Waals surface area contributed by atoms with Crippen molar-refractivity contribution in [3.05, 3.63) is 35.9 Å². The Labute approximate surface area is 86.1 Å². The van der Waals surface area contributed by atoms with Gasteiger partial charge in [0.25, 0.3) is 0 Å². The first-order chi connectivity index (χ1) is 6.81. The van der Waals surface area contributed by atoms with Crippen molar-refractivity contribution in [3.8, 4) is 11.4 Å². The predicted molar refractivity (Wildman–Crippen MR) is 52.9 cm³/mol. The molecule has 72 valence electrons. The van der Waals surface area contributed by atoms with Gasteiger partial charge in [-0.3, -0.25) is 4.57 Å². The highest BCUT2D eigenvalue weighted by Crippen LogP contribution is 2.18. The molecule has 0 aliphatic rings. The van der Waals surface area contributed by atoms with Gasteiger partial charge in [0.05, 0.1) is 12.8 Å². The number of methoxy groups -OCH3 is 1. The summed E-state index contributed by atoms with van der Waals surface area (Å²) in [5.41, 5.74) is 0.874. The second-order valence-electron chi connectivity index (χ2n) is 2.67. The van der Waals surface area contributed by atoms with Gasteiger partial charge in [0.1, 0.15) is 12.1 Å². The van der Waals surface area contributed by atoms with E-state index in [1.54, 1.807) is 18.0 Å². The number of benzene rings is 1. The van der Waals surface area contributed by atoms with E-state index in [0.717, 1.165) is 11.4 Å². The van der Waals surface area contributed by atoms with E-state index in [0.29, 0.717) is 5.28 Å². The fraction of sp³-hybridized carbons (Fsp3) is 0.111. The third-order valence-corrected chi connectivity index (χ3v) is 2.10. The third kappa shape index (κ3) is 1.56. The highest BCUT2D eigenvalue weighted by molar-refractivity contribution is 6.28. The second kappa shape index (κ2) is 3.67. The SMILES string of the molecule is COc1cccc(-n2cnnc2Cl)c1. The molecule has 5 heteroatoms. The molecule has 1 aromatic heterocycles. The molecule has 0 amide bonds. The van der Waals surface area contributed by atoms with E-state index < -0.39 is 0 Å². The largest absolute Gasteiger partial charge is 0.497 e. The molecule has 14 heavy (non-hydrogen) atoms. The molecule has 1 heterocycles. The Morgan fingerprint density at radius 2 is 2.29 bits per heavy atom. The standard InChI is InChI=1S/C9H8ClN3O/c1-14-8-4-2-3-7(5-8)13-6-11-12-9(13)10/h2-6H,1H3. The highest BCUT2D eigenvalue weighted by Gasteiger charge is 2.03. The molecule has 0 radical (unpaired) electrons. The summed E-state index contributed by atoms with van der Waals surface area (Å²) >= 11 is 5.82. The molecule has 0 unspecified atom stereocenters. The molecule has 1 aromatic carbocycles. The molecule has 0 saturated heterocycles. The van der Waals surface area contributed by atoms with Gasteiger partial charge in [-0.15, -0.1) is 10.2 Å². The Bertz CT molecular complexity index is 441. The molecule has 0 bridgehead atoms. The zero-order chi connectivity index (χ0) is 9.97. The summed E-state index contributed by atoms with van der Waals surface area (Å²) in [4.78, 5) is 0. The smallest absolute Gasteiger partial charge is 0.229 e. The van der Waals surface area contributed by atoms with Crippen LogP contribution >= 0.6 is 11.6 Å². The number of hydrogen-bond donors (Lipinski definition) is 0. The molecule has 4 nitrogen and oxygen atoms in total. The monoisotopic (exact) mass is 209 g/mol. The van der Waals surface area contributed by atoms with Gasteiger partial charge in [0.15, 0.2) is 0 Å². The van der Waals surface area contributed by atoms with E-state index in [4.69, 9.17) is 16.3 Å². The Morgan fingerprint density at radius 3 is 2.93 bits per heavy atom. The zero-order valence-electron chi connectivity index (χ0n) is 7.51. The quantitative estimate of drug-likeness (QED) is 0.759. The van der Waals surface area contributed by atoms with Crippen LogP contribution in [-0.2, 0) is 0 Å². The molecule has 0 fully saturated rings. The lowest BCUT2D eigenvalue weighted by molar-refractivity contribution is 0.414. The molecular formula is C9H8ClN3O. The van der Waals surface area contributed by atoms with E-state index >= 15 is 0 Å². The fourth-order valence-corrected chi connectivity index (χ4v) is 1.34. The number of aromatic nitrogens is 3. The number of hydrogen-bond acceptors (Lipinski definition) is 3. The minimum absolute atomic E-state index is 0.332. The maximum atomic E-state index is 5.82. The van der Waals surface area contributed by atoms with Crippen LogP contribution in [0.3, 0.4) is 0 Å². The summed E-state index contributed by atoms with van der Waals surface area (Å²) in [5, 5.41) is 7.71. The van der Waals surface area contributed by atoms with Gasteiger partial charge in [-0.25, -0.2) is 0 Å². The van der Waals surface area contributed by atoms with Crippen LogP contribution in [0.1, 0.15) is 0 Å². The van der Waals surface area contributed by atoms with Gasteiger partial charge in [-0.05, 0) is 23.7 Å². The maximum Gasteiger partial charge on any atom is 0.229 e. The lowest BCUT2D eigenvalue weighted by Gasteiger charge is -2.04. The lowest BCUT2D eigenvalue weighted by Crippen LogP contribution is -1.93. The van der Waals surface area contributed by atoms with Crippen LogP contribution in [0.2, 0.25) is 5.28 Å². The van der Waals surface area contributed by atoms with Crippen molar-refractivity contribution in [2.75, 3.05) is 7.11 Å². The molecule has 0 spiro atoms. The number of ether oxygens (including phenoxy) is 1. The van der Waals surface area contributed by atoms with Crippen molar-refractivity contribution in [2.24, 2.45) is 0 Å². The van der Waals surface area contributed by atoms with Gasteiger partial charge in [0, 0.05) is 6.07 Å². The zero-order valence-corrected chi connectivity index (χ0v) is 8.27. The van der Waals surface area contributed by atoms with Crippen LogP contribution in [0.5, 0.6) is 5.75 Å². The minimum atomic E-state index is 0.332. The molecule has 2 rings (SSSR count). The van der Waals surface area contributed by atoms with E-state index in [1.165, 1.54) is 0 Å². The fourth-order valence-electron chi connectivity index (χ4n) is 1.15. The summed E-state index contributed by atoms with van der Waals surface area (Å²) in [6.07, 6.45) is 1.55.